The van der Waals surface area contributed by atoms with Crippen LogP contribution in [0.25, 0.3) is 0 Å². The Kier molecular flexibility index (Phi) is 3.95. The van der Waals surface area contributed by atoms with Crippen molar-refractivity contribution in [3.63, 3.8) is 0 Å². The summed E-state index contributed by atoms with van der Waals surface area (Å²) in [5.74, 6) is 0.435. The zero-order valence-electron chi connectivity index (χ0n) is 12.3. The van der Waals surface area contributed by atoms with Gasteiger partial charge in [-0.05, 0) is 56.4 Å². The van der Waals surface area contributed by atoms with Crippen LogP contribution < -0.4 is 10.2 Å². The van der Waals surface area contributed by atoms with Gasteiger partial charge in [0.2, 0.25) is 5.91 Å². The van der Waals surface area contributed by atoms with E-state index in [4.69, 9.17) is 0 Å². The quantitative estimate of drug-likeness (QED) is 0.909. The molecule has 1 saturated carbocycles. The molecular formula is C17H24N2O. The molecule has 1 amide bonds. The largest absolute Gasteiger partial charge is 0.371 e. The lowest BCUT2D eigenvalue weighted by Crippen LogP contribution is -2.21. The lowest BCUT2D eigenvalue weighted by atomic mass is 10.1. The molecule has 2 aliphatic rings. The molecule has 1 aromatic carbocycles. The Morgan fingerprint density at radius 1 is 1.15 bits per heavy atom. The van der Waals surface area contributed by atoms with E-state index in [0.29, 0.717) is 0 Å². The molecule has 1 aliphatic heterocycles. The Hall–Kier alpha value is -1.51. The van der Waals surface area contributed by atoms with Crippen LogP contribution in [0.1, 0.15) is 44.1 Å². The van der Waals surface area contributed by atoms with Crippen LogP contribution in [0, 0.1) is 12.8 Å². The van der Waals surface area contributed by atoms with E-state index in [0.717, 1.165) is 31.6 Å². The summed E-state index contributed by atoms with van der Waals surface area (Å²) in [6.07, 6.45) is 7.09. The second-order valence-corrected chi connectivity index (χ2v) is 6.17. The van der Waals surface area contributed by atoms with Gasteiger partial charge in [-0.25, -0.2) is 0 Å². The smallest absolute Gasteiger partial charge is 0.227 e. The molecule has 1 heterocycles. The number of amides is 1. The molecule has 0 atom stereocenters. The Balaban J connectivity index is 1.68. The summed E-state index contributed by atoms with van der Waals surface area (Å²) in [5, 5.41) is 3.09. The van der Waals surface area contributed by atoms with E-state index in [2.05, 4.69) is 29.3 Å². The number of rotatable bonds is 3. The molecule has 3 rings (SSSR count). The third kappa shape index (κ3) is 2.82. The number of nitrogens with zero attached hydrogens (tertiary/aromatic N) is 1. The average molecular weight is 272 g/mol. The van der Waals surface area contributed by atoms with Gasteiger partial charge < -0.3 is 10.2 Å². The number of hydrogen-bond acceptors (Lipinski definition) is 2. The van der Waals surface area contributed by atoms with Gasteiger partial charge in [0.05, 0.1) is 0 Å². The minimum atomic E-state index is 0.204. The molecule has 1 N–H and O–H groups in total. The summed E-state index contributed by atoms with van der Waals surface area (Å²) >= 11 is 0. The summed E-state index contributed by atoms with van der Waals surface area (Å²) in [6, 6.07) is 6.32. The first-order valence-electron chi connectivity index (χ1n) is 7.90. The van der Waals surface area contributed by atoms with Gasteiger partial charge in [0.25, 0.3) is 0 Å². The zero-order chi connectivity index (χ0) is 13.9. The van der Waals surface area contributed by atoms with Gasteiger partial charge in [-0.3, -0.25) is 4.79 Å². The first-order chi connectivity index (χ1) is 9.74. The number of carbonyl (C=O) groups excluding carboxylic acids is 1. The minimum absolute atomic E-state index is 0.204. The minimum Gasteiger partial charge on any atom is -0.371 e. The van der Waals surface area contributed by atoms with Crippen LogP contribution in [0.15, 0.2) is 18.2 Å². The highest BCUT2D eigenvalue weighted by Gasteiger charge is 2.22. The van der Waals surface area contributed by atoms with Crippen LogP contribution in [0.4, 0.5) is 11.4 Å². The monoisotopic (exact) mass is 272 g/mol. The van der Waals surface area contributed by atoms with Gasteiger partial charge in [0.15, 0.2) is 0 Å². The second kappa shape index (κ2) is 5.86. The average Bonchev–Trinajstić information content (AvgIpc) is 3.12. The second-order valence-electron chi connectivity index (χ2n) is 6.17. The Bertz CT molecular complexity index is 486. The molecule has 1 aromatic rings. The van der Waals surface area contributed by atoms with Gasteiger partial charge in [0, 0.05) is 30.4 Å². The summed E-state index contributed by atoms with van der Waals surface area (Å²) in [4.78, 5) is 14.6. The summed E-state index contributed by atoms with van der Waals surface area (Å²) in [7, 11) is 0. The summed E-state index contributed by atoms with van der Waals surface area (Å²) in [6.45, 7) is 4.46. The maximum atomic E-state index is 12.1. The van der Waals surface area contributed by atoms with E-state index in [1.807, 2.05) is 6.07 Å². The Morgan fingerprint density at radius 3 is 2.50 bits per heavy atom. The fraction of sp³-hybridized carbons (Fsp3) is 0.588. The van der Waals surface area contributed by atoms with Crippen molar-refractivity contribution in [3.8, 4) is 0 Å². The van der Waals surface area contributed by atoms with Gasteiger partial charge in [-0.15, -0.1) is 0 Å². The van der Waals surface area contributed by atoms with Crippen LogP contribution >= 0.6 is 0 Å². The lowest BCUT2D eigenvalue weighted by Gasteiger charge is -2.21. The normalized spacial score (nSPS) is 19.6. The predicted octanol–water partition coefficient (Wildman–Crippen LogP) is 3.72. The third-order valence-electron chi connectivity index (χ3n) is 4.64. The number of hydrogen-bond donors (Lipinski definition) is 1. The molecule has 3 nitrogen and oxygen atoms in total. The molecular weight excluding hydrogens is 248 g/mol. The van der Waals surface area contributed by atoms with Crippen molar-refractivity contribution in [2.24, 2.45) is 5.92 Å². The maximum absolute atomic E-state index is 12.1. The van der Waals surface area contributed by atoms with E-state index in [-0.39, 0.29) is 11.8 Å². The number of anilines is 2. The molecule has 108 valence electrons. The molecule has 0 spiro atoms. The molecule has 3 heteroatoms. The third-order valence-corrected chi connectivity index (χ3v) is 4.64. The van der Waals surface area contributed by atoms with E-state index in [1.165, 1.54) is 36.9 Å². The molecule has 2 fully saturated rings. The molecule has 0 aromatic heterocycles. The number of nitrogens with one attached hydrogen (secondary N) is 1. The van der Waals surface area contributed by atoms with Crippen LogP contribution in [0.2, 0.25) is 0 Å². The number of carbonyl (C=O) groups is 1. The number of aryl methyl sites for hydroxylation is 1. The molecule has 0 bridgehead atoms. The van der Waals surface area contributed by atoms with Crippen molar-refractivity contribution in [2.75, 3.05) is 23.3 Å². The highest BCUT2D eigenvalue weighted by molar-refractivity contribution is 5.93. The Labute approximate surface area is 121 Å². The maximum Gasteiger partial charge on any atom is 0.227 e. The van der Waals surface area contributed by atoms with Gasteiger partial charge in [-0.2, -0.15) is 0 Å². The fourth-order valence-electron chi connectivity index (χ4n) is 3.48. The van der Waals surface area contributed by atoms with Gasteiger partial charge in [-0.1, -0.05) is 12.8 Å². The van der Waals surface area contributed by atoms with Crippen molar-refractivity contribution >= 4 is 17.3 Å². The van der Waals surface area contributed by atoms with Crippen LogP contribution in [-0.2, 0) is 4.79 Å². The summed E-state index contributed by atoms with van der Waals surface area (Å²) in [5.41, 5.74) is 3.53. The highest BCUT2D eigenvalue weighted by atomic mass is 16.1. The van der Waals surface area contributed by atoms with Crippen LogP contribution in [0.5, 0.6) is 0 Å². The van der Waals surface area contributed by atoms with Crippen LogP contribution in [0.3, 0.4) is 0 Å². The van der Waals surface area contributed by atoms with E-state index < -0.39 is 0 Å². The predicted molar refractivity (Wildman–Crippen MR) is 83.2 cm³/mol. The van der Waals surface area contributed by atoms with E-state index >= 15 is 0 Å². The lowest BCUT2D eigenvalue weighted by molar-refractivity contribution is -0.119. The van der Waals surface area contributed by atoms with Crippen molar-refractivity contribution < 1.29 is 4.79 Å². The van der Waals surface area contributed by atoms with E-state index in [9.17, 15) is 4.79 Å². The molecule has 0 radical (unpaired) electrons. The standard InChI is InChI=1S/C17H24N2O/c1-13-12-15(18-17(20)14-6-2-3-7-14)8-9-16(13)19-10-4-5-11-19/h8-9,12,14H,2-7,10-11H2,1H3,(H,18,20). The zero-order valence-corrected chi connectivity index (χ0v) is 12.3. The molecule has 0 unspecified atom stereocenters. The molecule has 20 heavy (non-hydrogen) atoms. The molecule has 1 saturated heterocycles. The van der Waals surface area contributed by atoms with Crippen molar-refractivity contribution in [3.05, 3.63) is 23.8 Å². The molecule has 1 aliphatic carbocycles. The Morgan fingerprint density at radius 2 is 1.85 bits per heavy atom. The fourth-order valence-corrected chi connectivity index (χ4v) is 3.48. The number of benzene rings is 1. The highest BCUT2D eigenvalue weighted by Crippen LogP contribution is 2.29. The first-order valence-corrected chi connectivity index (χ1v) is 7.90. The van der Waals surface area contributed by atoms with Crippen molar-refractivity contribution in [1.29, 1.82) is 0 Å². The SMILES string of the molecule is Cc1cc(NC(=O)C2CCCC2)ccc1N1CCCC1. The van der Waals surface area contributed by atoms with Crippen LogP contribution in [-0.4, -0.2) is 19.0 Å². The van der Waals surface area contributed by atoms with E-state index in [1.54, 1.807) is 0 Å². The van der Waals surface area contributed by atoms with Gasteiger partial charge in [0.1, 0.15) is 0 Å². The van der Waals surface area contributed by atoms with Crippen molar-refractivity contribution in [2.45, 2.75) is 45.4 Å². The first kappa shape index (κ1) is 13.5. The summed E-state index contributed by atoms with van der Waals surface area (Å²) < 4.78 is 0. The van der Waals surface area contributed by atoms with Gasteiger partial charge >= 0.3 is 0 Å². The topological polar surface area (TPSA) is 32.3 Å². The van der Waals surface area contributed by atoms with Crippen molar-refractivity contribution in [1.82, 2.24) is 0 Å².